The first-order chi connectivity index (χ1) is 30.4. The summed E-state index contributed by atoms with van der Waals surface area (Å²) in [7, 11) is 0. The molecular formula is C54H60F3N3O3. The van der Waals surface area contributed by atoms with E-state index in [1.54, 1.807) is 12.1 Å². The Morgan fingerprint density at radius 3 is 0.857 bits per heavy atom. The highest BCUT2D eigenvalue weighted by Gasteiger charge is 2.62. The molecule has 0 unspecified atom stereocenters. The molecule has 16 rings (SSSR count). The maximum Gasteiger partial charge on any atom is 0.213 e. The second kappa shape index (κ2) is 13.7. The Bertz CT molecular complexity index is 2320. The second-order valence-corrected chi connectivity index (χ2v) is 23.1. The predicted octanol–water partition coefficient (Wildman–Crippen LogP) is 13.6. The van der Waals surface area contributed by atoms with Gasteiger partial charge in [0.05, 0.1) is 17.1 Å². The van der Waals surface area contributed by atoms with Gasteiger partial charge >= 0.3 is 0 Å². The molecule has 12 fully saturated rings. The largest absolute Gasteiger partial charge is 0.451 e. The molecule has 330 valence electrons. The lowest BCUT2D eigenvalue weighted by atomic mass is 9.41. The Hall–Kier alpha value is -4.53. The summed E-state index contributed by atoms with van der Waals surface area (Å²) in [5.74, 6) is 5.76. The third kappa shape index (κ3) is 6.16. The zero-order valence-electron chi connectivity index (χ0n) is 36.2. The Labute approximate surface area is 368 Å². The molecule has 12 aliphatic carbocycles. The highest BCUT2D eigenvalue weighted by atomic mass is 19.1. The van der Waals surface area contributed by atoms with Gasteiger partial charge in [-0.1, -0.05) is 0 Å². The van der Waals surface area contributed by atoms with Crippen LogP contribution in [0, 0.1) is 70.7 Å². The molecule has 9 heteroatoms. The van der Waals surface area contributed by atoms with Crippen molar-refractivity contribution in [3.8, 4) is 34.5 Å². The van der Waals surface area contributed by atoms with Gasteiger partial charge in [-0.05, 0) is 216 Å². The van der Waals surface area contributed by atoms with Gasteiger partial charge in [-0.25, -0.2) is 13.2 Å². The van der Waals surface area contributed by atoms with Gasteiger partial charge in [0, 0.05) is 40.2 Å². The summed E-state index contributed by atoms with van der Waals surface area (Å²) in [6.07, 6.45) is 21.0. The van der Waals surface area contributed by atoms with Crippen molar-refractivity contribution < 1.29 is 27.4 Å². The Morgan fingerprint density at radius 1 is 0.349 bits per heavy atom. The van der Waals surface area contributed by atoms with Crippen LogP contribution in [-0.4, -0.2) is 0 Å². The van der Waals surface area contributed by atoms with Crippen molar-refractivity contribution in [2.24, 2.45) is 53.3 Å². The minimum absolute atomic E-state index is 0.125. The molecule has 0 amide bonds. The van der Waals surface area contributed by atoms with E-state index in [2.05, 4.69) is 0 Å². The van der Waals surface area contributed by atoms with Crippen LogP contribution in [0.15, 0.2) is 54.6 Å². The van der Waals surface area contributed by atoms with Gasteiger partial charge in [-0.15, -0.1) is 0 Å². The fraction of sp³-hybridized carbons (Fsp3) is 0.556. The number of halogens is 3. The van der Waals surface area contributed by atoms with Crippen molar-refractivity contribution in [2.45, 2.75) is 132 Å². The number of ether oxygens (including phenoxy) is 3. The van der Waals surface area contributed by atoms with E-state index in [0.717, 1.165) is 57.8 Å². The van der Waals surface area contributed by atoms with Crippen LogP contribution in [-0.2, 0) is 16.2 Å². The number of nitrogen functional groups attached to an aromatic ring is 3. The molecule has 12 aliphatic rings. The average molecular weight is 856 g/mol. The SMILES string of the molecule is Nc1ccc(F)cc1Oc1c(Oc2cc(F)ccc2N)c(C23CC4CC(CC(C4)C2)C3)c(C23CC4CC(CC(C4)C2)C3)c(C23CC4CC(CC(C4)C2)C3)c1Oc1cc(F)ccc1N. The second-order valence-electron chi connectivity index (χ2n) is 23.1. The molecule has 6 N–H and O–H groups in total. The normalized spacial score (nSPS) is 37.5. The van der Waals surface area contributed by atoms with Crippen LogP contribution in [0.3, 0.4) is 0 Å². The van der Waals surface area contributed by atoms with Gasteiger partial charge in [0.25, 0.3) is 0 Å². The molecule has 0 saturated heterocycles. The van der Waals surface area contributed by atoms with Crippen LogP contribution in [0.4, 0.5) is 30.2 Å². The third-order valence-electron chi connectivity index (χ3n) is 18.6. The molecule has 12 saturated carbocycles. The zero-order valence-corrected chi connectivity index (χ0v) is 36.2. The molecule has 63 heavy (non-hydrogen) atoms. The topological polar surface area (TPSA) is 106 Å². The van der Waals surface area contributed by atoms with Gasteiger partial charge in [0.2, 0.25) is 5.75 Å². The van der Waals surface area contributed by atoms with Crippen LogP contribution in [0.2, 0.25) is 0 Å². The number of rotatable bonds is 9. The summed E-state index contributed by atoms with van der Waals surface area (Å²) < 4.78 is 68.5. The van der Waals surface area contributed by atoms with Crippen molar-refractivity contribution in [1.82, 2.24) is 0 Å². The van der Waals surface area contributed by atoms with Crippen molar-refractivity contribution in [3.05, 3.63) is 88.7 Å². The van der Waals surface area contributed by atoms with E-state index in [1.165, 1.54) is 117 Å². The Kier molecular flexibility index (Phi) is 8.48. The molecule has 6 nitrogen and oxygen atoms in total. The number of anilines is 3. The molecule has 0 aliphatic heterocycles. The van der Waals surface area contributed by atoms with Crippen molar-refractivity contribution in [3.63, 3.8) is 0 Å². The van der Waals surface area contributed by atoms with E-state index >= 15 is 13.2 Å². The van der Waals surface area contributed by atoms with Gasteiger partial charge in [0.1, 0.15) is 17.5 Å². The summed E-state index contributed by atoms with van der Waals surface area (Å²) in [5.41, 5.74) is 24.3. The highest BCUT2D eigenvalue weighted by molar-refractivity contribution is 5.74. The standard InChI is InChI=1S/C54H60F3N3O3/c55-37-1-4-40(58)43(16-37)61-49-47(53-22-31-10-32(23-53)12-33(11-31)24-53)46(52-19-28-7-29(20-52)9-30(8-28)21-52)48(54-25-34-13-35(26-54)15-36(14-34)27-54)50(62-44-17-38(56)2-5-41(44)59)51(49)63-45-18-39(57)3-6-42(45)60/h1-6,16-18,28-36H,7-15,19-27,58-60H2. The number of hydrogen-bond donors (Lipinski definition) is 3. The quantitative estimate of drug-likeness (QED) is 0.145. The highest BCUT2D eigenvalue weighted by Crippen LogP contribution is 2.73. The number of hydrogen-bond acceptors (Lipinski definition) is 6. The molecule has 0 spiro atoms. The minimum Gasteiger partial charge on any atom is -0.451 e. The predicted molar refractivity (Wildman–Crippen MR) is 239 cm³/mol. The fourth-order valence-corrected chi connectivity index (χ4v) is 17.9. The third-order valence-corrected chi connectivity index (χ3v) is 18.6. The van der Waals surface area contributed by atoms with E-state index in [4.69, 9.17) is 31.4 Å². The van der Waals surface area contributed by atoms with Crippen LogP contribution >= 0.6 is 0 Å². The minimum atomic E-state index is -0.499. The van der Waals surface area contributed by atoms with Gasteiger partial charge in [-0.2, -0.15) is 0 Å². The van der Waals surface area contributed by atoms with E-state index in [0.29, 0.717) is 76.1 Å². The Morgan fingerprint density at radius 2 is 0.587 bits per heavy atom. The van der Waals surface area contributed by atoms with Crippen molar-refractivity contribution >= 4 is 17.1 Å². The number of benzene rings is 4. The number of nitrogens with two attached hydrogens (primary N) is 3. The van der Waals surface area contributed by atoms with Crippen LogP contribution in [0.5, 0.6) is 34.5 Å². The first kappa shape index (κ1) is 38.9. The summed E-state index contributed by atoms with van der Waals surface area (Å²) in [4.78, 5) is 0. The first-order valence-electron chi connectivity index (χ1n) is 24.3. The van der Waals surface area contributed by atoms with E-state index in [-0.39, 0.29) is 44.9 Å². The van der Waals surface area contributed by atoms with Gasteiger partial charge in [-0.3, -0.25) is 0 Å². The molecule has 0 atom stereocenters. The maximum absolute atomic E-state index is 15.5. The first-order valence-corrected chi connectivity index (χ1v) is 24.3. The van der Waals surface area contributed by atoms with E-state index in [1.807, 2.05) is 0 Å². The summed E-state index contributed by atoms with van der Waals surface area (Å²) in [6, 6.07) is 12.7. The van der Waals surface area contributed by atoms with Crippen molar-refractivity contribution in [2.75, 3.05) is 17.2 Å². The van der Waals surface area contributed by atoms with Crippen LogP contribution in [0.25, 0.3) is 0 Å². The summed E-state index contributed by atoms with van der Waals surface area (Å²) in [6.45, 7) is 0. The smallest absolute Gasteiger partial charge is 0.213 e. The molecule has 4 aromatic rings. The van der Waals surface area contributed by atoms with E-state index < -0.39 is 17.5 Å². The van der Waals surface area contributed by atoms with Crippen molar-refractivity contribution in [1.29, 1.82) is 0 Å². The average Bonchev–Trinajstić information content (AvgIpc) is 3.21. The summed E-state index contributed by atoms with van der Waals surface area (Å²) >= 11 is 0. The lowest BCUT2D eigenvalue weighted by Gasteiger charge is -2.63. The summed E-state index contributed by atoms with van der Waals surface area (Å²) in [5, 5.41) is 0. The molecule has 0 radical (unpaired) electrons. The Balaban J connectivity index is 1.20. The fourth-order valence-electron chi connectivity index (χ4n) is 17.9. The molecule has 4 aromatic carbocycles. The van der Waals surface area contributed by atoms with Gasteiger partial charge in [0.15, 0.2) is 28.7 Å². The molecular weight excluding hydrogens is 796 g/mol. The zero-order chi connectivity index (χ0) is 42.6. The van der Waals surface area contributed by atoms with Crippen LogP contribution in [0.1, 0.15) is 132 Å². The molecule has 0 heterocycles. The molecule has 0 aromatic heterocycles. The lowest BCUT2D eigenvalue weighted by molar-refractivity contribution is -0.0255. The molecule has 12 bridgehead atoms. The van der Waals surface area contributed by atoms with Crippen LogP contribution < -0.4 is 31.4 Å². The lowest BCUT2D eigenvalue weighted by Crippen LogP contribution is -2.55. The maximum atomic E-state index is 15.5. The van der Waals surface area contributed by atoms with Gasteiger partial charge < -0.3 is 31.4 Å². The van der Waals surface area contributed by atoms with E-state index in [9.17, 15) is 0 Å². The monoisotopic (exact) mass is 855 g/mol.